The number of anilines is 1. The Kier molecular flexibility index (Phi) is 6.83. The molecule has 0 spiro atoms. The summed E-state index contributed by atoms with van der Waals surface area (Å²) in [5, 5.41) is 5.37. The summed E-state index contributed by atoms with van der Waals surface area (Å²) in [5.41, 5.74) is 12.6. The number of allylic oxidation sites excluding steroid dienone is 1. The van der Waals surface area contributed by atoms with E-state index in [1.165, 1.54) is 19.4 Å². The maximum Gasteiger partial charge on any atom is 0.295 e. The second-order valence-electron chi connectivity index (χ2n) is 5.90. The summed E-state index contributed by atoms with van der Waals surface area (Å²) in [4.78, 5) is 12.2. The van der Waals surface area contributed by atoms with Crippen molar-refractivity contribution in [3.63, 3.8) is 0 Å². The monoisotopic (exact) mass is 379 g/mol. The van der Waals surface area contributed by atoms with Crippen LogP contribution in [0, 0.1) is 0 Å². The lowest BCUT2D eigenvalue weighted by Crippen LogP contribution is -2.39. The molecule has 0 radical (unpaired) electrons. The third kappa shape index (κ3) is 5.48. The van der Waals surface area contributed by atoms with Crippen LogP contribution in [0.1, 0.15) is 19.4 Å². The highest BCUT2D eigenvalue weighted by atomic mass is 19.3. The first-order valence-electron chi connectivity index (χ1n) is 8.20. The molecule has 1 aromatic rings. The average molecular weight is 379 g/mol. The number of nitrogens with zero attached hydrogens (tertiary/aromatic N) is 3. The van der Waals surface area contributed by atoms with Crippen LogP contribution in [0.25, 0.3) is 5.57 Å². The van der Waals surface area contributed by atoms with E-state index in [2.05, 4.69) is 25.6 Å². The van der Waals surface area contributed by atoms with Crippen LogP contribution < -0.4 is 26.8 Å². The van der Waals surface area contributed by atoms with Gasteiger partial charge in [0.1, 0.15) is 23.6 Å². The van der Waals surface area contributed by atoms with Gasteiger partial charge in [0.2, 0.25) is 0 Å². The van der Waals surface area contributed by atoms with Gasteiger partial charge in [-0.25, -0.2) is 18.8 Å². The number of amidine groups is 1. The van der Waals surface area contributed by atoms with E-state index in [1.54, 1.807) is 18.5 Å². The van der Waals surface area contributed by atoms with Gasteiger partial charge < -0.3 is 26.8 Å². The zero-order valence-corrected chi connectivity index (χ0v) is 15.3. The minimum atomic E-state index is -2.76. The first-order valence-corrected chi connectivity index (χ1v) is 8.20. The largest absolute Gasteiger partial charge is 0.496 e. The van der Waals surface area contributed by atoms with Crippen molar-refractivity contribution in [1.29, 1.82) is 0 Å². The predicted molar refractivity (Wildman–Crippen MR) is 103 cm³/mol. The van der Waals surface area contributed by atoms with Crippen LogP contribution in [0.15, 0.2) is 40.3 Å². The molecule has 10 heteroatoms. The molecule has 0 aliphatic carbocycles. The summed E-state index contributed by atoms with van der Waals surface area (Å²) in [6, 6.07) is 1.73. The maximum atomic E-state index is 12.9. The minimum Gasteiger partial charge on any atom is -0.496 e. The van der Waals surface area contributed by atoms with Gasteiger partial charge in [-0.1, -0.05) is 0 Å². The zero-order chi connectivity index (χ0) is 20.0. The van der Waals surface area contributed by atoms with E-state index in [-0.39, 0.29) is 11.9 Å². The third-order valence-electron chi connectivity index (χ3n) is 3.45. The summed E-state index contributed by atoms with van der Waals surface area (Å²) >= 11 is 0. The Balaban J connectivity index is 2.24. The number of nitrogens with one attached hydrogen (secondary N) is 2. The Hall–Kier alpha value is -3.01. The number of aliphatic imine (C=N–C) groups is 2. The van der Waals surface area contributed by atoms with Gasteiger partial charge in [0.05, 0.1) is 7.11 Å². The van der Waals surface area contributed by atoms with Crippen LogP contribution in [0.2, 0.25) is 0 Å². The minimum absolute atomic E-state index is 0.110. The van der Waals surface area contributed by atoms with Gasteiger partial charge >= 0.3 is 0 Å². The second kappa shape index (κ2) is 9.08. The molecular weight excluding hydrogens is 356 g/mol. The fourth-order valence-corrected chi connectivity index (χ4v) is 2.23. The molecule has 27 heavy (non-hydrogen) atoms. The highest BCUT2D eigenvalue weighted by molar-refractivity contribution is 6.10. The second-order valence-corrected chi connectivity index (χ2v) is 5.90. The van der Waals surface area contributed by atoms with Crippen LogP contribution in [0.5, 0.6) is 5.75 Å². The van der Waals surface area contributed by atoms with Crippen molar-refractivity contribution in [2.75, 3.05) is 12.4 Å². The molecule has 0 amide bonds. The molecule has 1 aliphatic heterocycles. The number of hydrogen-bond donors (Lipinski definition) is 4. The van der Waals surface area contributed by atoms with Gasteiger partial charge in [-0.3, -0.25) is 4.99 Å². The highest BCUT2D eigenvalue weighted by Crippen LogP contribution is 2.27. The lowest BCUT2D eigenvalue weighted by atomic mass is 10.1. The zero-order valence-electron chi connectivity index (χ0n) is 15.3. The van der Waals surface area contributed by atoms with Gasteiger partial charge in [0, 0.05) is 41.9 Å². The number of aromatic nitrogens is 1. The topological polar surface area (TPSA) is 123 Å². The van der Waals surface area contributed by atoms with Crippen molar-refractivity contribution in [2.45, 2.75) is 32.5 Å². The first-order chi connectivity index (χ1) is 12.8. The van der Waals surface area contributed by atoms with Crippen molar-refractivity contribution < 1.29 is 13.5 Å². The van der Waals surface area contributed by atoms with Crippen molar-refractivity contribution in [3.8, 4) is 5.75 Å². The van der Waals surface area contributed by atoms with E-state index >= 15 is 0 Å². The molecule has 1 atom stereocenters. The predicted octanol–water partition coefficient (Wildman–Crippen LogP) is 1.67. The SMILES string of the molecule is COc1cc(NC2=CC(N)N=C(C(F)F)N2)ncc1/C(C=NC(C)C)=C/N. The van der Waals surface area contributed by atoms with E-state index in [9.17, 15) is 8.78 Å². The van der Waals surface area contributed by atoms with E-state index in [0.29, 0.717) is 22.7 Å². The van der Waals surface area contributed by atoms with Crippen LogP contribution >= 0.6 is 0 Å². The van der Waals surface area contributed by atoms with Gasteiger partial charge in [-0.15, -0.1) is 0 Å². The molecule has 1 aliphatic rings. The molecular formula is C17H23F2N7O. The molecule has 8 nitrogen and oxygen atoms in total. The maximum absolute atomic E-state index is 12.9. The molecule has 1 aromatic heterocycles. The molecule has 0 aromatic carbocycles. The standard InChI is InChI=1S/C17H23F2N7O/c1-9(2)22-7-10(6-20)11-8-23-14(4-12(11)27-3)25-15-5-13(21)24-17(26-15)16(18)19/h4-9,13,16H,20-21H2,1-3H3,(H,23,25)(H,24,26)/b10-6+,22-7?. The van der Waals surface area contributed by atoms with Crippen LogP contribution in [0.3, 0.4) is 0 Å². The fraction of sp³-hybridized carbons (Fsp3) is 0.353. The summed E-state index contributed by atoms with van der Waals surface area (Å²) in [5.74, 6) is 0.609. The molecule has 2 heterocycles. The van der Waals surface area contributed by atoms with Crippen molar-refractivity contribution in [3.05, 3.63) is 35.9 Å². The lowest BCUT2D eigenvalue weighted by Gasteiger charge is -2.21. The number of nitrogens with two attached hydrogens (primary N) is 2. The van der Waals surface area contributed by atoms with Gasteiger partial charge in [0.15, 0.2) is 5.84 Å². The lowest BCUT2D eigenvalue weighted by molar-refractivity contribution is 0.220. The van der Waals surface area contributed by atoms with Gasteiger partial charge in [0.25, 0.3) is 6.43 Å². The van der Waals surface area contributed by atoms with Crippen LogP contribution in [-0.4, -0.2) is 42.8 Å². The van der Waals surface area contributed by atoms with E-state index in [4.69, 9.17) is 16.2 Å². The number of rotatable bonds is 7. The Morgan fingerprint density at radius 3 is 2.78 bits per heavy atom. The summed E-state index contributed by atoms with van der Waals surface area (Å²) in [6.07, 6.45) is 2.44. The molecule has 0 saturated carbocycles. The molecule has 0 fully saturated rings. The average Bonchev–Trinajstić information content (AvgIpc) is 2.62. The van der Waals surface area contributed by atoms with Crippen LogP contribution in [-0.2, 0) is 0 Å². The smallest absolute Gasteiger partial charge is 0.295 e. The number of alkyl halides is 2. The van der Waals surface area contributed by atoms with Crippen molar-refractivity contribution >= 4 is 23.4 Å². The van der Waals surface area contributed by atoms with Gasteiger partial charge in [-0.2, -0.15) is 0 Å². The summed E-state index contributed by atoms with van der Waals surface area (Å²) < 4.78 is 31.1. The quantitative estimate of drug-likeness (QED) is 0.535. The van der Waals surface area contributed by atoms with E-state index < -0.39 is 18.4 Å². The van der Waals surface area contributed by atoms with E-state index in [1.807, 2.05) is 13.8 Å². The molecule has 6 N–H and O–H groups in total. The van der Waals surface area contributed by atoms with Gasteiger partial charge in [-0.05, 0) is 19.9 Å². The Morgan fingerprint density at radius 2 is 2.19 bits per heavy atom. The molecule has 0 bridgehead atoms. The van der Waals surface area contributed by atoms with Crippen molar-refractivity contribution in [1.82, 2.24) is 10.3 Å². The Labute approximate surface area is 156 Å². The van der Waals surface area contributed by atoms with Crippen LogP contribution in [0.4, 0.5) is 14.6 Å². The fourth-order valence-electron chi connectivity index (χ4n) is 2.23. The molecule has 1 unspecified atom stereocenters. The number of halogens is 2. The molecule has 2 rings (SSSR count). The molecule has 0 saturated heterocycles. The first kappa shape index (κ1) is 20.3. The van der Waals surface area contributed by atoms with Crippen molar-refractivity contribution in [2.24, 2.45) is 21.5 Å². The number of ether oxygens (including phenoxy) is 1. The Morgan fingerprint density at radius 1 is 1.44 bits per heavy atom. The summed E-state index contributed by atoms with van der Waals surface area (Å²) in [7, 11) is 1.51. The number of methoxy groups -OCH3 is 1. The molecule has 146 valence electrons. The number of hydrogen-bond acceptors (Lipinski definition) is 8. The summed E-state index contributed by atoms with van der Waals surface area (Å²) in [6.45, 7) is 3.89. The highest BCUT2D eigenvalue weighted by Gasteiger charge is 2.20. The van der Waals surface area contributed by atoms with E-state index in [0.717, 1.165) is 0 Å². The Bertz CT molecular complexity index is 787. The third-order valence-corrected chi connectivity index (χ3v) is 3.45. The normalized spacial score (nSPS) is 17.8. The number of pyridine rings is 1.